The molecule has 2 aromatic rings. The van der Waals surface area contributed by atoms with Crippen LogP contribution in [0.4, 0.5) is 0 Å². The molecule has 1 atom stereocenters. The van der Waals surface area contributed by atoms with Gasteiger partial charge >= 0.3 is 0 Å². The molecule has 0 unspecified atom stereocenters. The van der Waals surface area contributed by atoms with Crippen LogP contribution in [0.3, 0.4) is 0 Å². The summed E-state index contributed by atoms with van der Waals surface area (Å²) in [6.07, 6.45) is 1.64. The van der Waals surface area contributed by atoms with Crippen LogP contribution in [0.15, 0.2) is 41.2 Å². The number of benzene rings is 1. The monoisotopic (exact) mass is 367 g/mol. The van der Waals surface area contributed by atoms with Crippen molar-refractivity contribution < 1.29 is 9.59 Å². The molecule has 1 aromatic carbocycles. The lowest BCUT2D eigenvalue weighted by Crippen LogP contribution is -2.33. The first-order valence-electron chi connectivity index (χ1n) is 9.26. The fourth-order valence-corrected chi connectivity index (χ4v) is 3.53. The zero-order chi connectivity index (χ0) is 19.6. The first-order chi connectivity index (χ1) is 12.8. The Kier molecular flexibility index (Phi) is 5.44. The molecule has 1 aliphatic heterocycles. The lowest BCUT2D eigenvalue weighted by Gasteiger charge is -2.17. The van der Waals surface area contributed by atoms with E-state index in [1.165, 1.54) is 0 Å². The number of aromatic amines is 1. The predicted octanol–water partition coefficient (Wildman–Crippen LogP) is 2.30. The highest BCUT2D eigenvalue weighted by Gasteiger charge is 2.28. The Morgan fingerprint density at radius 1 is 1.26 bits per heavy atom. The fourth-order valence-electron chi connectivity index (χ4n) is 3.53. The van der Waals surface area contributed by atoms with E-state index in [-0.39, 0.29) is 22.9 Å². The van der Waals surface area contributed by atoms with Crippen LogP contribution >= 0.6 is 0 Å². The number of H-pyrrole nitrogens is 1. The van der Waals surface area contributed by atoms with Crippen LogP contribution in [0.1, 0.15) is 58.2 Å². The number of likely N-dealkylation sites (tertiary alicyclic amines) is 1. The van der Waals surface area contributed by atoms with Gasteiger partial charge in [0.05, 0.1) is 0 Å². The van der Waals surface area contributed by atoms with E-state index in [1.54, 1.807) is 17.0 Å². The van der Waals surface area contributed by atoms with Crippen LogP contribution in [0, 0.1) is 5.92 Å². The summed E-state index contributed by atoms with van der Waals surface area (Å²) in [6, 6.07) is 10.7. The largest absolute Gasteiger partial charge is 0.366 e. The van der Waals surface area contributed by atoms with Gasteiger partial charge in [0, 0.05) is 24.3 Å². The van der Waals surface area contributed by atoms with Gasteiger partial charge in [0.25, 0.3) is 11.5 Å². The maximum absolute atomic E-state index is 12.7. The third kappa shape index (κ3) is 4.27. The van der Waals surface area contributed by atoms with Crippen LogP contribution in [0.25, 0.3) is 0 Å². The number of primary amides is 1. The molecule has 0 saturated carbocycles. The van der Waals surface area contributed by atoms with Gasteiger partial charge in [-0.2, -0.15) is 0 Å². The maximum Gasteiger partial charge on any atom is 0.261 e. The zero-order valence-corrected chi connectivity index (χ0v) is 15.7. The van der Waals surface area contributed by atoms with Crippen molar-refractivity contribution in [3.63, 3.8) is 0 Å². The van der Waals surface area contributed by atoms with E-state index in [9.17, 15) is 14.4 Å². The van der Waals surface area contributed by atoms with Crippen molar-refractivity contribution in [2.75, 3.05) is 13.1 Å². The maximum atomic E-state index is 12.7. The van der Waals surface area contributed by atoms with Gasteiger partial charge in [0.1, 0.15) is 5.56 Å². The molecule has 27 heavy (non-hydrogen) atoms. The number of pyridine rings is 1. The summed E-state index contributed by atoms with van der Waals surface area (Å²) in [5, 5.41) is 0. The van der Waals surface area contributed by atoms with Gasteiger partial charge in [-0.15, -0.1) is 0 Å². The minimum atomic E-state index is -0.441. The first-order valence-corrected chi connectivity index (χ1v) is 9.26. The predicted molar refractivity (Wildman–Crippen MR) is 104 cm³/mol. The first kappa shape index (κ1) is 18.9. The van der Waals surface area contributed by atoms with Crippen LogP contribution in [-0.2, 0) is 6.42 Å². The minimum Gasteiger partial charge on any atom is -0.366 e. The van der Waals surface area contributed by atoms with Gasteiger partial charge in [-0.3, -0.25) is 14.4 Å². The molecule has 0 bridgehead atoms. The van der Waals surface area contributed by atoms with Crippen molar-refractivity contribution in [1.29, 1.82) is 0 Å². The van der Waals surface area contributed by atoms with E-state index in [1.807, 2.05) is 38.1 Å². The second-order valence-electron chi connectivity index (χ2n) is 7.49. The smallest absolute Gasteiger partial charge is 0.261 e. The highest BCUT2D eigenvalue weighted by Crippen LogP contribution is 2.22. The molecule has 1 aromatic heterocycles. The lowest BCUT2D eigenvalue weighted by atomic mass is 9.97. The van der Waals surface area contributed by atoms with Crippen molar-refractivity contribution >= 4 is 11.8 Å². The molecule has 3 rings (SSSR count). The molecular weight excluding hydrogens is 342 g/mol. The van der Waals surface area contributed by atoms with Crippen molar-refractivity contribution in [1.82, 2.24) is 9.88 Å². The molecule has 1 aliphatic rings. The Bertz CT molecular complexity index is 917. The Balaban J connectivity index is 1.67. The number of carbonyl (C=O) groups is 2. The van der Waals surface area contributed by atoms with Crippen molar-refractivity contribution in [3.05, 3.63) is 69.1 Å². The molecule has 0 aliphatic carbocycles. The number of nitrogens with two attached hydrogens (primary N) is 1. The molecule has 0 spiro atoms. The quantitative estimate of drug-likeness (QED) is 0.849. The average molecular weight is 367 g/mol. The molecular formula is C21H25N3O3. The highest BCUT2D eigenvalue weighted by atomic mass is 16.2. The topological polar surface area (TPSA) is 96.3 Å². The van der Waals surface area contributed by atoms with Crippen LogP contribution in [-0.4, -0.2) is 34.8 Å². The Morgan fingerprint density at radius 2 is 2.04 bits per heavy atom. The van der Waals surface area contributed by atoms with Crippen LogP contribution < -0.4 is 11.3 Å². The van der Waals surface area contributed by atoms with E-state index in [2.05, 4.69) is 4.98 Å². The van der Waals surface area contributed by atoms with Gasteiger partial charge < -0.3 is 15.6 Å². The molecule has 2 heterocycles. The second kappa shape index (κ2) is 7.78. The molecule has 2 amide bonds. The highest BCUT2D eigenvalue weighted by molar-refractivity contribution is 5.94. The van der Waals surface area contributed by atoms with Crippen LogP contribution in [0.5, 0.6) is 0 Å². The van der Waals surface area contributed by atoms with E-state index < -0.39 is 5.91 Å². The Labute approximate surface area is 158 Å². The molecule has 6 heteroatoms. The SMILES string of the molecule is CC(C)c1ccc(C(=O)N2CC[C@H](Cc3cccc(C(N)=O)c3)C2)c(=O)[nH]1. The number of nitrogens with one attached hydrogen (secondary N) is 1. The molecule has 142 valence electrons. The summed E-state index contributed by atoms with van der Waals surface area (Å²) in [5.74, 6) is -0.163. The number of hydrogen-bond acceptors (Lipinski definition) is 3. The number of aromatic nitrogens is 1. The normalized spacial score (nSPS) is 16.7. The average Bonchev–Trinajstić information content (AvgIpc) is 3.09. The fraction of sp³-hybridized carbons (Fsp3) is 0.381. The summed E-state index contributed by atoms with van der Waals surface area (Å²) < 4.78 is 0. The summed E-state index contributed by atoms with van der Waals surface area (Å²) in [4.78, 5) is 40.9. The molecule has 0 radical (unpaired) electrons. The number of amides is 2. The summed E-state index contributed by atoms with van der Waals surface area (Å²) in [5.41, 5.74) is 7.55. The van der Waals surface area contributed by atoms with E-state index in [4.69, 9.17) is 5.73 Å². The van der Waals surface area contributed by atoms with Gasteiger partial charge in [-0.25, -0.2) is 0 Å². The zero-order valence-electron chi connectivity index (χ0n) is 15.7. The van der Waals surface area contributed by atoms with E-state index in [0.29, 0.717) is 24.6 Å². The third-order valence-corrected chi connectivity index (χ3v) is 5.09. The standard InChI is InChI=1S/C21H25N3O3/c1-13(2)18-7-6-17(20(26)23-18)21(27)24-9-8-15(12-24)10-14-4-3-5-16(11-14)19(22)25/h3-7,11,13,15H,8-10,12H2,1-2H3,(H2,22,25)(H,23,26)/t15-/m1/s1. The molecule has 3 N–H and O–H groups in total. The molecule has 1 fully saturated rings. The van der Waals surface area contributed by atoms with E-state index in [0.717, 1.165) is 24.1 Å². The Hall–Kier alpha value is -2.89. The van der Waals surface area contributed by atoms with Crippen molar-refractivity contribution in [2.45, 2.75) is 32.6 Å². The molecule has 6 nitrogen and oxygen atoms in total. The number of rotatable bonds is 5. The number of carbonyl (C=O) groups excluding carboxylic acids is 2. The van der Waals surface area contributed by atoms with Crippen LogP contribution in [0.2, 0.25) is 0 Å². The van der Waals surface area contributed by atoms with Gasteiger partial charge in [0.2, 0.25) is 5.91 Å². The Morgan fingerprint density at radius 3 is 2.70 bits per heavy atom. The number of hydrogen-bond donors (Lipinski definition) is 2. The van der Waals surface area contributed by atoms with Gasteiger partial charge in [-0.05, 0) is 54.5 Å². The lowest BCUT2D eigenvalue weighted by molar-refractivity contribution is 0.0785. The summed E-state index contributed by atoms with van der Waals surface area (Å²) in [6.45, 7) is 5.21. The van der Waals surface area contributed by atoms with Crippen molar-refractivity contribution in [3.8, 4) is 0 Å². The minimum absolute atomic E-state index is 0.191. The third-order valence-electron chi connectivity index (χ3n) is 5.09. The molecule has 1 saturated heterocycles. The van der Waals surface area contributed by atoms with E-state index >= 15 is 0 Å². The summed E-state index contributed by atoms with van der Waals surface area (Å²) in [7, 11) is 0. The van der Waals surface area contributed by atoms with Gasteiger partial charge in [-0.1, -0.05) is 26.0 Å². The van der Waals surface area contributed by atoms with Crippen molar-refractivity contribution in [2.24, 2.45) is 11.7 Å². The second-order valence-corrected chi connectivity index (χ2v) is 7.49. The number of nitrogens with zero attached hydrogens (tertiary/aromatic N) is 1. The van der Waals surface area contributed by atoms with Gasteiger partial charge in [0.15, 0.2) is 0 Å². The summed E-state index contributed by atoms with van der Waals surface area (Å²) >= 11 is 0.